The van der Waals surface area contributed by atoms with Crippen LogP contribution >= 0.6 is 24.0 Å². The molecule has 0 aromatic carbocycles. The van der Waals surface area contributed by atoms with Gasteiger partial charge in [-0.2, -0.15) is 5.43 Å². The molecule has 1 atom stereocenters. The molecule has 0 aliphatic carbocycles. The Labute approximate surface area is 57.1 Å². The standard InChI is InChI=1S/C3H6N2OS2/c1-6-2-4-5-3(7)8-2/h2,4H,1H3,(H,5,7). The molecule has 1 heterocycles. The van der Waals surface area contributed by atoms with Crippen LogP contribution in [0.25, 0.3) is 0 Å². The van der Waals surface area contributed by atoms with Crippen molar-refractivity contribution in [2.45, 2.75) is 5.56 Å². The van der Waals surface area contributed by atoms with E-state index >= 15 is 0 Å². The van der Waals surface area contributed by atoms with Gasteiger partial charge in [-0.05, 0) is 11.8 Å². The maximum atomic E-state index is 4.88. The van der Waals surface area contributed by atoms with Crippen molar-refractivity contribution in [2.75, 3.05) is 7.11 Å². The van der Waals surface area contributed by atoms with E-state index in [2.05, 4.69) is 10.9 Å². The molecule has 0 aromatic rings. The van der Waals surface area contributed by atoms with Gasteiger partial charge in [0.15, 0.2) is 9.88 Å². The van der Waals surface area contributed by atoms with E-state index in [0.29, 0.717) is 0 Å². The van der Waals surface area contributed by atoms with Crippen LogP contribution in [0.3, 0.4) is 0 Å². The Balaban J connectivity index is 2.32. The van der Waals surface area contributed by atoms with E-state index in [1.54, 1.807) is 7.11 Å². The van der Waals surface area contributed by atoms with E-state index in [9.17, 15) is 0 Å². The van der Waals surface area contributed by atoms with Crippen LogP contribution in [0.5, 0.6) is 0 Å². The number of methoxy groups -OCH3 is 1. The van der Waals surface area contributed by atoms with Gasteiger partial charge < -0.3 is 10.2 Å². The number of hydrogen-bond acceptors (Lipinski definition) is 4. The van der Waals surface area contributed by atoms with E-state index in [0.717, 1.165) is 4.32 Å². The smallest absolute Gasteiger partial charge is 0.178 e. The number of hydrazine groups is 1. The van der Waals surface area contributed by atoms with Gasteiger partial charge in [0, 0.05) is 7.11 Å². The van der Waals surface area contributed by atoms with E-state index in [-0.39, 0.29) is 5.56 Å². The number of nitrogens with one attached hydrogen (secondary N) is 2. The monoisotopic (exact) mass is 150 g/mol. The molecule has 0 spiro atoms. The molecule has 5 heteroatoms. The Morgan fingerprint density at radius 3 is 2.88 bits per heavy atom. The predicted molar refractivity (Wildman–Crippen MR) is 37.3 cm³/mol. The minimum absolute atomic E-state index is 0.0116. The Bertz CT molecular complexity index is 107. The lowest BCUT2D eigenvalue weighted by Gasteiger charge is -2.01. The molecule has 0 radical (unpaired) electrons. The van der Waals surface area contributed by atoms with Gasteiger partial charge in [-0.1, -0.05) is 12.2 Å². The first kappa shape index (κ1) is 6.28. The van der Waals surface area contributed by atoms with Gasteiger partial charge in [0.1, 0.15) is 0 Å². The van der Waals surface area contributed by atoms with Gasteiger partial charge in [-0.25, -0.2) is 0 Å². The quantitative estimate of drug-likeness (QED) is 0.516. The summed E-state index contributed by atoms with van der Waals surface area (Å²) in [5.41, 5.74) is 5.53. The number of thioether (sulfide) groups is 1. The summed E-state index contributed by atoms with van der Waals surface area (Å²) in [5.74, 6) is 0. The van der Waals surface area contributed by atoms with Crippen LogP contribution < -0.4 is 10.9 Å². The molecule has 1 aliphatic rings. The minimum atomic E-state index is -0.0116. The molecular formula is C3H6N2OS2. The maximum absolute atomic E-state index is 4.88. The zero-order chi connectivity index (χ0) is 5.98. The number of ether oxygens (including phenoxy) is 1. The normalized spacial score (nSPS) is 28.1. The Kier molecular flexibility index (Phi) is 2.07. The molecule has 0 saturated carbocycles. The van der Waals surface area contributed by atoms with E-state index < -0.39 is 0 Å². The Hall–Kier alpha value is 0.160. The second-order valence-electron chi connectivity index (χ2n) is 1.24. The van der Waals surface area contributed by atoms with Crippen molar-refractivity contribution < 1.29 is 4.74 Å². The summed E-state index contributed by atoms with van der Waals surface area (Å²) in [4.78, 5) is 0. The molecule has 0 bridgehead atoms. The van der Waals surface area contributed by atoms with Crippen molar-refractivity contribution in [1.29, 1.82) is 0 Å². The van der Waals surface area contributed by atoms with Gasteiger partial charge in [0.05, 0.1) is 0 Å². The van der Waals surface area contributed by atoms with Crippen LogP contribution in [0.4, 0.5) is 0 Å². The van der Waals surface area contributed by atoms with Crippen LogP contribution in [-0.2, 0) is 4.74 Å². The Morgan fingerprint density at radius 2 is 2.62 bits per heavy atom. The van der Waals surface area contributed by atoms with Crippen molar-refractivity contribution >= 4 is 28.3 Å². The highest BCUT2D eigenvalue weighted by atomic mass is 32.2. The first-order valence-corrected chi connectivity index (χ1v) is 3.36. The molecule has 1 aliphatic heterocycles. The van der Waals surface area contributed by atoms with E-state index in [1.165, 1.54) is 11.8 Å². The summed E-state index contributed by atoms with van der Waals surface area (Å²) in [5, 5.41) is 0. The first-order valence-electron chi connectivity index (χ1n) is 2.08. The molecule has 0 amide bonds. The molecule has 3 nitrogen and oxygen atoms in total. The SMILES string of the molecule is COC1NNC(=S)S1. The van der Waals surface area contributed by atoms with Crippen LogP contribution in [0.15, 0.2) is 0 Å². The summed E-state index contributed by atoms with van der Waals surface area (Å²) in [6.45, 7) is 0. The fourth-order valence-corrected chi connectivity index (χ4v) is 1.23. The van der Waals surface area contributed by atoms with E-state index in [4.69, 9.17) is 17.0 Å². The molecular weight excluding hydrogens is 144 g/mol. The highest BCUT2D eigenvalue weighted by Gasteiger charge is 2.16. The largest absolute Gasteiger partial charge is 0.355 e. The molecule has 1 fully saturated rings. The van der Waals surface area contributed by atoms with Gasteiger partial charge in [-0.3, -0.25) is 0 Å². The highest BCUT2D eigenvalue weighted by Crippen LogP contribution is 2.13. The second-order valence-corrected chi connectivity index (χ2v) is 2.98. The van der Waals surface area contributed by atoms with Gasteiger partial charge in [-0.15, -0.1) is 0 Å². The number of rotatable bonds is 1. The molecule has 2 N–H and O–H groups in total. The summed E-state index contributed by atoms with van der Waals surface area (Å²) >= 11 is 6.22. The number of thiocarbonyl (C=S) groups is 1. The van der Waals surface area contributed by atoms with Crippen LogP contribution in [0, 0.1) is 0 Å². The Morgan fingerprint density at radius 1 is 1.88 bits per heavy atom. The first-order chi connectivity index (χ1) is 3.83. The molecule has 46 valence electrons. The lowest BCUT2D eigenvalue weighted by molar-refractivity contribution is 0.145. The maximum Gasteiger partial charge on any atom is 0.178 e. The summed E-state index contributed by atoms with van der Waals surface area (Å²) in [6, 6.07) is 0. The highest BCUT2D eigenvalue weighted by molar-refractivity contribution is 8.23. The minimum Gasteiger partial charge on any atom is -0.355 e. The molecule has 1 unspecified atom stereocenters. The summed E-state index contributed by atoms with van der Waals surface area (Å²) in [6.07, 6.45) is 0. The van der Waals surface area contributed by atoms with Crippen molar-refractivity contribution in [3.8, 4) is 0 Å². The zero-order valence-electron chi connectivity index (χ0n) is 4.30. The lowest BCUT2D eigenvalue weighted by atomic mass is 11.2. The molecule has 1 saturated heterocycles. The number of hydrogen-bond donors (Lipinski definition) is 2. The van der Waals surface area contributed by atoms with Crippen molar-refractivity contribution in [2.24, 2.45) is 0 Å². The second kappa shape index (κ2) is 2.63. The van der Waals surface area contributed by atoms with Gasteiger partial charge in [0.2, 0.25) is 0 Å². The van der Waals surface area contributed by atoms with Crippen molar-refractivity contribution in [1.82, 2.24) is 10.9 Å². The van der Waals surface area contributed by atoms with Crippen molar-refractivity contribution in [3.05, 3.63) is 0 Å². The molecule has 0 aromatic heterocycles. The zero-order valence-corrected chi connectivity index (χ0v) is 5.94. The van der Waals surface area contributed by atoms with Gasteiger partial charge >= 0.3 is 0 Å². The van der Waals surface area contributed by atoms with E-state index in [1.807, 2.05) is 0 Å². The average molecular weight is 150 g/mol. The topological polar surface area (TPSA) is 33.3 Å². The lowest BCUT2D eigenvalue weighted by Crippen LogP contribution is -2.31. The van der Waals surface area contributed by atoms with Crippen LogP contribution in [-0.4, -0.2) is 17.0 Å². The van der Waals surface area contributed by atoms with Gasteiger partial charge in [0.25, 0.3) is 0 Å². The fraction of sp³-hybridized carbons (Fsp3) is 0.667. The predicted octanol–water partition coefficient (Wildman–Crippen LogP) is 0.0423. The third-order valence-electron chi connectivity index (χ3n) is 0.720. The van der Waals surface area contributed by atoms with Crippen molar-refractivity contribution in [3.63, 3.8) is 0 Å². The molecule has 1 rings (SSSR count). The average Bonchev–Trinajstić information content (AvgIpc) is 2.14. The van der Waals surface area contributed by atoms with Crippen LogP contribution in [0.2, 0.25) is 0 Å². The van der Waals surface area contributed by atoms with Crippen LogP contribution in [0.1, 0.15) is 0 Å². The molecule has 8 heavy (non-hydrogen) atoms. The summed E-state index contributed by atoms with van der Waals surface area (Å²) in [7, 11) is 1.63. The third-order valence-corrected chi connectivity index (χ3v) is 1.95. The summed E-state index contributed by atoms with van der Waals surface area (Å²) < 4.78 is 5.62. The third kappa shape index (κ3) is 1.32. The fourth-order valence-electron chi connectivity index (χ4n) is 0.381.